The van der Waals surface area contributed by atoms with Crippen molar-refractivity contribution in [1.29, 1.82) is 0 Å². The fourth-order valence-electron chi connectivity index (χ4n) is 0.652. The number of rotatable bonds is 1. The summed E-state index contributed by atoms with van der Waals surface area (Å²) in [6.45, 7) is 3.20. The van der Waals surface area contributed by atoms with Gasteiger partial charge >= 0.3 is 0 Å². The van der Waals surface area contributed by atoms with Crippen LogP contribution in [0.1, 0.15) is 6.92 Å². The Kier molecular flexibility index (Phi) is 1.02. The van der Waals surface area contributed by atoms with Gasteiger partial charge in [-0.2, -0.15) is 0 Å². The van der Waals surface area contributed by atoms with E-state index in [1.165, 1.54) is 5.57 Å². The molecule has 0 atom stereocenters. The highest BCUT2D eigenvalue weighted by atomic mass is 15.5. The summed E-state index contributed by atoms with van der Waals surface area (Å²) in [5, 5.41) is 2.04. The fraction of sp³-hybridized carbons (Fsp3) is 0.600. The van der Waals surface area contributed by atoms with Crippen LogP contribution < -0.4 is 5.43 Å². The van der Waals surface area contributed by atoms with E-state index in [2.05, 4.69) is 18.5 Å². The van der Waals surface area contributed by atoms with Crippen LogP contribution in [0, 0.1) is 0 Å². The van der Waals surface area contributed by atoms with E-state index in [9.17, 15) is 0 Å². The molecule has 0 aromatic carbocycles. The predicted octanol–water partition coefficient (Wildman–Crippen LogP) is 0.340. The van der Waals surface area contributed by atoms with Gasteiger partial charge in [-0.05, 0) is 12.5 Å². The third-order valence-corrected chi connectivity index (χ3v) is 1.08. The van der Waals surface area contributed by atoms with Crippen molar-refractivity contribution in [2.75, 3.05) is 13.6 Å². The van der Waals surface area contributed by atoms with E-state index >= 15 is 0 Å². The molecule has 0 aromatic heterocycles. The first-order chi connectivity index (χ1) is 3.33. The summed E-state index contributed by atoms with van der Waals surface area (Å²) in [5.41, 5.74) is 4.43. The Balaban J connectivity index is 2.31. The summed E-state index contributed by atoms with van der Waals surface area (Å²) >= 11 is 0. The number of nitrogens with zero attached hydrogens (tertiary/aromatic N) is 1. The predicted molar refractivity (Wildman–Crippen MR) is 29.5 cm³/mol. The van der Waals surface area contributed by atoms with Crippen molar-refractivity contribution in [3.05, 3.63) is 11.8 Å². The van der Waals surface area contributed by atoms with Gasteiger partial charge in [0.25, 0.3) is 0 Å². The summed E-state index contributed by atoms with van der Waals surface area (Å²) < 4.78 is 0. The monoisotopic (exact) mass is 98.1 g/mol. The highest BCUT2D eigenvalue weighted by molar-refractivity contribution is 5.09. The summed E-state index contributed by atoms with van der Waals surface area (Å²) in [5.74, 6) is 0. The van der Waals surface area contributed by atoms with Gasteiger partial charge in [-0.1, -0.05) is 0 Å². The molecule has 0 unspecified atom stereocenters. The van der Waals surface area contributed by atoms with Gasteiger partial charge in [0.05, 0.1) is 6.54 Å². The molecule has 0 spiro atoms. The number of hydrazine groups is 1. The van der Waals surface area contributed by atoms with Crippen LogP contribution in [0.15, 0.2) is 11.8 Å². The van der Waals surface area contributed by atoms with E-state index in [0.717, 1.165) is 6.54 Å². The Morgan fingerprint density at radius 1 is 1.86 bits per heavy atom. The van der Waals surface area contributed by atoms with Gasteiger partial charge in [0.2, 0.25) is 0 Å². The summed E-state index contributed by atoms with van der Waals surface area (Å²) in [6, 6.07) is 0. The number of hydrogen-bond acceptors (Lipinski definition) is 2. The maximum Gasteiger partial charge on any atom is 0.0562 e. The van der Waals surface area contributed by atoms with Crippen LogP contribution >= 0.6 is 0 Å². The molecule has 7 heavy (non-hydrogen) atoms. The molecule has 0 saturated carbocycles. The molecule has 2 heteroatoms. The van der Waals surface area contributed by atoms with E-state index in [1.807, 2.05) is 12.1 Å². The summed E-state index contributed by atoms with van der Waals surface area (Å²) in [4.78, 5) is 0. The molecule has 1 aliphatic heterocycles. The van der Waals surface area contributed by atoms with Crippen molar-refractivity contribution in [2.45, 2.75) is 6.92 Å². The van der Waals surface area contributed by atoms with Crippen LogP contribution in [0.3, 0.4) is 0 Å². The van der Waals surface area contributed by atoms with Crippen LogP contribution in [0.4, 0.5) is 0 Å². The van der Waals surface area contributed by atoms with Crippen molar-refractivity contribution in [3.63, 3.8) is 0 Å². The van der Waals surface area contributed by atoms with Crippen molar-refractivity contribution >= 4 is 0 Å². The zero-order valence-corrected chi connectivity index (χ0v) is 4.73. The summed E-state index contributed by atoms with van der Waals surface area (Å²) in [7, 11) is 1.92. The maximum absolute atomic E-state index is 2.99. The minimum Gasteiger partial charge on any atom is -0.312 e. The third-order valence-electron chi connectivity index (χ3n) is 1.08. The van der Waals surface area contributed by atoms with Gasteiger partial charge in [0.1, 0.15) is 0 Å². The highest BCUT2D eigenvalue weighted by Gasteiger charge is 2.06. The molecule has 40 valence electrons. The first-order valence-corrected chi connectivity index (χ1v) is 2.44. The zero-order chi connectivity index (χ0) is 5.28. The van der Waals surface area contributed by atoms with Crippen LogP contribution in [0.5, 0.6) is 0 Å². The van der Waals surface area contributed by atoms with Gasteiger partial charge in [0, 0.05) is 13.2 Å². The Bertz CT molecular complexity index is 96.3. The Hall–Kier alpha value is -0.500. The standard InChI is InChI=1S/C5H10N2/c1-5-3-7(4-5)6-2/h3,6H,4H2,1-2H3. The lowest BCUT2D eigenvalue weighted by molar-refractivity contribution is 0.281. The molecular formula is C5H10N2. The normalized spacial score (nSPS) is 18.6. The SMILES string of the molecule is CNN1C=C(C)C1. The second-order valence-corrected chi connectivity index (χ2v) is 1.83. The molecule has 0 fully saturated rings. The minimum atomic E-state index is 1.08. The van der Waals surface area contributed by atoms with Crippen LogP contribution in [-0.2, 0) is 0 Å². The van der Waals surface area contributed by atoms with E-state index in [-0.39, 0.29) is 0 Å². The van der Waals surface area contributed by atoms with Crippen molar-refractivity contribution in [1.82, 2.24) is 10.4 Å². The summed E-state index contributed by atoms with van der Waals surface area (Å²) in [6.07, 6.45) is 2.08. The quantitative estimate of drug-likeness (QED) is 0.508. The van der Waals surface area contributed by atoms with Crippen LogP contribution in [0.25, 0.3) is 0 Å². The lowest BCUT2D eigenvalue weighted by atomic mass is 10.2. The fourth-order valence-corrected chi connectivity index (χ4v) is 0.652. The molecule has 1 rings (SSSR count). The number of nitrogens with one attached hydrogen (secondary N) is 1. The molecule has 2 nitrogen and oxygen atoms in total. The lowest BCUT2D eigenvalue weighted by Gasteiger charge is -2.27. The maximum atomic E-state index is 2.99. The highest BCUT2D eigenvalue weighted by Crippen LogP contribution is 2.06. The average Bonchev–Trinajstić information content (AvgIpc) is 1.58. The average molecular weight is 98.1 g/mol. The molecular weight excluding hydrogens is 88.1 g/mol. The second kappa shape index (κ2) is 1.54. The first kappa shape index (κ1) is 4.65. The van der Waals surface area contributed by atoms with Gasteiger partial charge in [-0.3, -0.25) is 0 Å². The molecule has 1 aliphatic rings. The molecule has 1 heterocycles. The lowest BCUT2D eigenvalue weighted by Crippen LogP contribution is -2.37. The Morgan fingerprint density at radius 3 is 2.57 bits per heavy atom. The van der Waals surface area contributed by atoms with Crippen LogP contribution in [0.2, 0.25) is 0 Å². The molecule has 0 radical (unpaired) electrons. The van der Waals surface area contributed by atoms with Crippen molar-refractivity contribution in [3.8, 4) is 0 Å². The van der Waals surface area contributed by atoms with E-state index in [4.69, 9.17) is 0 Å². The van der Waals surface area contributed by atoms with Crippen molar-refractivity contribution < 1.29 is 0 Å². The zero-order valence-electron chi connectivity index (χ0n) is 4.73. The van der Waals surface area contributed by atoms with Crippen LogP contribution in [-0.4, -0.2) is 18.6 Å². The van der Waals surface area contributed by atoms with Gasteiger partial charge in [0.15, 0.2) is 0 Å². The second-order valence-electron chi connectivity index (χ2n) is 1.83. The molecule has 1 N–H and O–H groups in total. The van der Waals surface area contributed by atoms with Gasteiger partial charge in [-0.25, -0.2) is 5.43 Å². The van der Waals surface area contributed by atoms with E-state index in [0.29, 0.717) is 0 Å². The first-order valence-electron chi connectivity index (χ1n) is 2.44. The van der Waals surface area contributed by atoms with Crippen molar-refractivity contribution in [2.24, 2.45) is 0 Å². The van der Waals surface area contributed by atoms with E-state index < -0.39 is 0 Å². The van der Waals surface area contributed by atoms with Gasteiger partial charge < -0.3 is 5.01 Å². The molecule has 0 amide bonds. The van der Waals surface area contributed by atoms with Gasteiger partial charge in [-0.15, -0.1) is 0 Å². The largest absolute Gasteiger partial charge is 0.312 e. The van der Waals surface area contributed by atoms with E-state index in [1.54, 1.807) is 0 Å². The molecule has 0 bridgehead atoms. The molecule has 0 aliphatic carbocycles. The third kappa shape index (κ3) is 0.747. The molecule has 0 aromatic rings. The number of hydrogen-bond donors (Lipinski definition) is 1. The Morgan fingerprint density at radius 2 is 2.43 bits per heavy atom. The molecule has 0 saturated heterocycles. The Labute approximate surface area is 43.8 Å². The minimum absolute atomic E-state index is 1.08. The smallest absolute Gasteiger partial charge is 0.0562 e. The topological polar surface area (TPSA) is 15.3 Å².